The highest BCUT2D eigenvalue weighted by molar-refractivity contribution is 6.01. The minimum atomic E-state index is -0.422. The van der Waals surface area contributed by atoms with Gasteiger partial charge in [-0.15, -0.1) is 0 Å². The molecular weight excluding hydrogens is 431 g/mol. The van der Waals surface area contributed by atoms with Crippen molar-refractivity contribution in [2.45, 2.75) is 26.3 Å². The highest BCUT2D eigenvalue weighted by Gasteiger charge is 2.45. The monoisotopic (exact) mass is 460 g/mol. The Morgan fingerprint density at radius 1 is 1.06 bits per heavy atom. The summed E-state index contributed by atoms with van der Waals surface area (Å²) in [5, 5.41) is 0. The van der Waals surface area contributed by atoms with E-state index in [0.717, 1.165) is 41.7 Å². The summed E-state index contributed by atoms with van der Waals surface area (Å²) in [6.45, 7) is 6.09. The number of amides is 1. The maximum Gasteiger partial charge on any atom is 0.254 e. The number of pyridine rings is 1. The van der Waals surface area contributed by atoms with E-state index in [-0.39, 0.29) is 11.9 Å². The Morgan fingerprint density at radius 3 is 2.50 bits per heavy atom. The summed E-state index contributed by atoms with van der Waals surface area (Å²) in [5.74, 6) is 1.49. The molecule has 2 atom stereocenters. The Bertz CT molecular complexity index is 1210. The molecule has 1 amide bonds. The Kier molecular flexibility index (Phi) is 5.67. The number of piperidine rings is 1. The van der Waals surface area contributed by atoms with Gasteiger partial charge in [0.1, 0.15) is 11.6 Å². The molecule has 3 aromatic rings. The fourth-order valence-electron chi connectivity index (χ4n) is 4.97. The SMILES string of the molecule is Cc1cc(C)nc(N2C[C@@H]3CCN(C(=O)c4cc(F)ccc4-c4ccc(N(C)C)nc4)C[C@@H]32)n1. The molecule has 0 unspecified atom stereocenters. The first-order valence-electron chi connectivity index (χ1n) is 11.6. The van der Waals surface area contributed by atoms with Gasteiger partial charge in [-0.05, 0) is 56.2 Å². The lowest BCUT2D eigenvalue weighted by molar-refractivity contribution is 0.0589. The van der Waals surface area contributed by atoms with E-state index in [4.69, 9.17) is 0 Å². The van der Waals surface area contributed by atoms with Gasteiger partial charge in [0, 0.05) is 62.8 Å². The van der Waals surface area contributed by atoms with Crippen molar-refractivity contribution in [1.82, 2.24) is 19.9 Å². The summed E-state index contributed by atoms with van der Waals surface area (Å²) in [5.41, 5.74) is 3.72. The molecule has 0 aliphatic carbocycles. The van der Waals surface area contributed by atoms with Gasteiger partial charge in [0.25, 0.3) is 5.91 Å². The largest absolute Gasteiger partial charge is 0.363 e. The summed E-state index contributed by atoms with van der Waals surface area (Å²) in [6.07, 6.45) is 2.65. The molecule has 176 valence electrons. The first kappa shape index (κ1) is 22.3. The summed E-state index contributed by atoms with van der Waals surface area (Å²) in [4.78, 5) is 33.3. The second-order valence-corrected chi connectivity index (χ2v) is 9.46. The number of rotatable bonds is 4. The molecule has 2 aromatic heterocycles. The molecule has 0 bridgehead atoms. The molecule has 2 fully saturated rings. The molecule has 1 aromatic carbocycles. The quantitative estimate of drug-likeness (QED) is 0.592. The Hall–Kier alpha value is -3.55. The molecule has 2 aliphatic heterocycles. The minimum Gasteiger partial charge on any atom is -0.363 e. The van der Waals surface area contributed by atoms with Gasteiger partial charge < -0.3 is 14.7 Å². The van der Waals surface area contributed by atoms with Gasteiger partial charge >= 0.3 is 0 Å². The van der Waals surface area contributed by atoms with E-state index < -0.39 is 5.82 Å². The normalized spacial score (nSPS) is 19.4. The predicted octanol–water partition coefficient (Wildman–Crippen LogP) is 3.71. The fraction of sp³-hybridized carbons (Fsp3) is 0.385. The van der Waals surface area contributed by atoms with Gasteiger partial charge in [0.2, 0.25) is 5.95 Å². The fourth-order valence-corrected chi connectivity index (χ4v) is 4.97. The summed E-state index contributed by atoms with van der Waals surface area (Å²) in [6, 6.07) is 10.4. The molecule has 8 heteroatoms. The molecule has 0 radical (unpaired) electrons. The van der Waals surface area contributed by atoms with Crippen LogP contribution < -0.4 is 9.80 Å². The van der Waals surface area contributed by atoms with Crippen LogP contribution in [0.5, 0.6) is 0 Å². The minimum absolute atomic E-state index is 0.155. The molecule has 4 heterocycles. The van der Waals surface area contributed by atoms with E-state index in [9.17, 15) is 9.18 Å². The Labute approximate surface area is 199 Å². The van der Waals surface area contributed by atoms with E-state index in [2.05, 4.69) is 19.9 Å². The highest BCUT2D eigenvalue weighted by Crippen LogP contribution is 2.36. The average Bonchev–Trinajstić information content (AvgIpc) is 2.79. The molecule has 7 nitrogen and oxygen atoms in total. The number of fused-ring (bicyclic) bond motifs is 1. The number of benzene rings is 1. The number of carbonyl (C=O) groups is 1. The predicted molar refractivity (Wildman–Crippen MR) is 131 cm³/mol. The maximum atomic E-state index is 14.3. The molecule has 5 rings (SSSR count). The van der Waals surface area contributed by atoms with Crippen LogP contribution in [0.4, 0.5) is 16.2 Å². The van der Waals surface area contributed by atoms with E-state index >= 15 is 0 Å². The number of anilines is 2. The van der Waals surface area contributed by atoms with Crippen molar-refractivity contribution in [3.05, 3.63) is 65.4 Å². The number of aromatic nitrogens is 3. The third-order valence-corrected chi connectivity index (χ3v) is 6.80. The second-order valence-electron chi connectivity index (χ2n) is 9.46. The van der Waals surface area contributed by atoms with Gasteiger partial charge in [0.15, 0.2) is 0 Å². The van der Waals surface area contributed by atoms with Crippen LogP contribution in [0, 0.1) is 25.6 Å². The van der Waals surface area contributed by atoms with E-state index in [0.29, 0.717) is 30.1 Å². The van der Waals surface area contributed by atoms with Crippen LogP contribution >= 0.6 is 0 Å². The number of likely N-dealkylation sites (tertiary alicyclic amines) is 1. The van der Waals surface area contributed by atoms with E-state index in [1.165, 1.54) is 12.1 Å². The summed E-state index contributed by atoms with van der Waals surface area (Å²) < 4.78 is 14.3. The topological polar surface area (TPSA) is 65.5 Å². The second kappa shape index (κ2) is 8.66. The van der Waals surface area contributed by atoms with Crippen LogP contribution in [0.15, 0.2) is 42.6 Å². The maximum absolute atomic E-state index is 14.3. The van der Waals surface area contributed by atoms with Crippen molar-refractivity contribution in [3.8, 4) is 11.1 Å². The number of hydrogen-bond acceptors (Lipinski definition) is 6. The zero-order chi connectivity index (χ0) is 24.0. The van der Waals surface area contributed by atoms with Crippen molar-refractivity contribution in [1.29, 1.82) is 0 Å². The number of halogens is 1. The first-order valence-corrected chi connectivity index (χ1v) is 11.6. The van der Waals surface area contributed by atoms with E-state index in [1.807, 2.05) is 55.9 Å². The summed E-state index contributed by atoms with van der Waals surface area (Å²) >= 11 is 0. The van der Waals surface area contributed by atoms with Crippen molar-refractivity contribution >= 4 is 17.7 Å². The molecular formula is C26H29FN6O. The Balaban J connectivity index is 1.40. The lowest BCUT2D eigenvalue weighted by Gasteiger charge is -2.53. The zero-order valence-corrected chi connectivity index (χ0v) is 20.0. The van der Waals surface area contributed by atoms with Gasteiger partial charge in [0.05, 0.1) is 11.6 Å². The lowest BCUT2D eigenvalue weighted by Crippen LogP contribution is -2.65. The average molecular weight is 461 g/mol. The van der Waals surface area contributed by atoms with Crippen LogP contribution in [0.3, 0.4) is 0 Å². The standard InChI is InChI=1S/C26H29FN6O/c1-16-11-17(2)30-26(29-16)33-14-19-9-10-32(15-23(19)33)25(34)22-12-20(27)6-7-21(22)18-5-8-24(28-13-18)31(3)4/h5-8,11-13,19,23H,9-10,14-15H2,1-4H3/t19-,23-/m0/s1. The van der Waals surface area contributed by atoms with Crippen molar-refractivity contribution in [3.63, 3.8) is 0 Å². The molecule has 0 N–H and O–H groups in total. The van der Waals surface area contributed by atoms with Crippen molar-refractivity contribution in [2.75, 3.05) is 43.5 Å². The molecule has 0 saturated carbocycles. The van der Waals surface area contributed by atoms with Crippen LogP contribution in [-0.4, -0.2) is 65.5 Å². The lowest BCUT2D eigenvalue weighted by atomic mass is 9.82. The van der Waals surface area contributed by atoms with Gasteiger partial charge in [-0.2, -0.15) is 0 Å². The van der Waals surface area contributed by atoms with Gasteiger partial charge in [-0.1, -0.05) is 6.07 Å². The smallest absolute Gasteiger partial charge is 0.254 e. The van der Waals surface area contributed by atoms with Crippen molar-refractivity contribution < 1.29 is 9.18 Å². The Morgan fingerprint density at radius 2 is 1.82 bits per heavy atom. The van der Waals surface area contributed by atoms with Crippen LogP contribution in [0.25, 0.3) is 11.1 Å². The highest BCUT2D eigenvalue weighted by atomic mass is 19.1. The van der Waals surface area contributed by atoms with Crippen LogP contribution in [0.2, 0.25) is 0 Å². The van der Waals surface area contributed by atoms with Gasteiger partial charge in [-0.3, -0.25) is 4.79 Å². The third-order valence-electron chi connectivity index (χ3n) is 6.80. The van der Waals surface area contributed by atoms with E-state index in [1.54, 1.807) is 12.3 Å². The number of carbonyl (C=O) groups excluding carboxylic acids is 1. The molecule has 2 saturated heterocycles. The van der Waals surface area contributed by atoms with Gasteiger partial charge in [-0.25, -0.2) is 19.3 Å². The number of hydrogen-bond donors (Lipinski definition) is 0. The molecule has 34 heavy (non-hydrogen) atoms. The third kappa shape index (κ3) is 4.08. The molecule has 0 spiro atoms. The van der Waals surface area contributed by atoms with Crippen molar-refractivity contribution in [2.24, 2.45) is 5.92 Å². The first-order chi connectivity index (χ1) is 16.3. The van der Waals surface area contributed by atoms with Crippen LogP contribution in [0.1, 0.15) is 28.2 Å². The molecule has 2 aliphatic rings. The number of aryl methyl sites for hydroxylation is 2. The van der Waals surface area contributed by atoms with Crippen LogP contribution in [-0.2, 0) is 0 Å². The zero-order valence-electron chi connectivity index (χ0n) is 20.0. The summed E-state index contributed by atoms with van der Waals surface area (Å²) in [7, 11) is 3.84. The number of nitrogens with zero attached hydrogens (tertiary/aromatic N) is 6.